The number of phenols is 2. The maximum atomic E-state index is 9.66. The lowest BCUT2D eigenvalue weighted by atomic mass is 9.96. The van der Waals surface area contributed by atoms with Crippen LogP contribution in [0, 0.1) is 20.8 Å². The Morgan fingerprint density at radius 3 is 2.00 bits per heavy atom. The van der Waals surface area contributed by atoms with Gasteiger partial charge in [-0.2, -0.15) is 0 Å². The van der Waals surface area contributed by atoms with Gasteiger partial charge in [0.15, 0.2) is 0 Å². The molecule has 2 aromatic rings. The van der Waals surface area contributed by atoms with Crippen LogP contribution in [0.2, 0.25) is 10.0 Å². The molecule has 2 nitrogen and oxygen atoms in total. The molecule has 0 fully saturated rings. The van der Waals surface area contributed by atoms with Crippen LogP contribution < -0.4 is 0 Å². The summed E-state index contributed by atoms with van der Waals surface area (Å²) in [5, 5.41) is 20.7. The van der Waals surface area contributed by atoms with Crippen molar-refractivity contribution >= 4 is 23.2 Å². The molecule has 1 atom stereocenters. The van der Waals surface area contributed by atoms with E-state index in [1.807, 2.05) is 33.8 Å². The van der Waals surface area contributed by atoms with Crippen LogP contribution in [0.3, 0.4) is 0 Å². The second-order valence-corrected chi connectivity index (χ2v) is 7.24. The monoisotopic (exact) mass is 382 g/mol. The van der Waals surface area contributed by atoms with E-state index in [0.29, 0.717) is 17.4 Å². The van der Waals surface area contributed by atoms with Crippen LogP contribution in [-0.4, -0.2) is 10.2 Å². The van der Waals surface area contributed by atoms with Crippen molar-refractivity contribution in [2.24, 2.45) is 0 Å². The van der Waals surface area contributed by atoms with Crippen LogP contribution in [0.25, 0.3) is 0 Å². The van der Waals surface area contributed by atoms with Crippen molar-refractivity contribution in [3.05, 3.63) is 56.1 Å². The first kappa shape index (κ1) is 21.7. The van der Waals surface area contributed by atoms with Crippen molar-refractivity contribution in [2.45, 2.75) is 60.3 Å². The van der Waals surface area contributed by atoms with Crippen molar-refractivity contribution in [2.75, 3.05) is 0 Å². The Morgan fingerprint density at radius 2 is 1.48 bits per heavy atom. The summed E-state index contributed by atoms with van der Waals surface area (Å²) in [5.41, 5.74) is 4.75. The molecule has 0 radical (unpaired) electrons. The van der Waals surface area contributed by atoms with E-state index >= 15 is 0 Å². The van der Waals surface area contributed by atoms with Gasteiger partial charge in [-0.3, -0.25) is 0 Å². The van der Waals surface area contributed by atoms with E-state index in [-0.39, 0.29) is 0 Å². The Balaban J connectivity index is 0.000000251. The van der Waals surface area contributed by atoms with Gasteiger partial charge in [0, 0.05) is 10.0 Å². The standard InChI is InChI=1S/C11H15ClO.C10H13ClO/c1-4-7(2)9-6-10(12)8(3)5-11(9)13;1-4-8-7(3)10(11)6(2)5-9(8)12/h5-7,13H,4H2,1-3H3;5,12H,4H2,1-3H3. The second kappa shape index (κ2) is 9.35. The number of phenolic OH excluding ortho intramolecular Hbond substituents is 2. The van der Waals surface area contributed by atoms with E-state index in [0.717, 1.165) is 50.7 Å². The molecule has 25 heavy (non-hydrogen) atoms. The van der Waals surface area contributed by atoms with Crippen molar-refractivity contribution in [1.82, 2.24) is 0 Å². The highest BCUT2D eigenvalue weighted by Crippen LogP contribution is 2.32. The molecular formula is C21H28Cl2O2. The third kappa shape index (κ3) is 5.29. The fraction of sp³-hybridized carbons (Fsp3) is 0.429. The molecule has 0 saturated heterocycles. The lowest BCUT2D eigenvalue weighted by Crippen LogP contribution is -1.92. The molecule has 138 valence electrons. The highest BCUT2D eigenvalue weighted by molar-refractivity contribution is 6.32. The summed E-state index contributed by atoms with van der Waals surface area (Å²) in [6.45, 7) is 11.9. The zero-order valence-corrected chi connectivity index (χ0v) is 17.4. The van der Waals surface area contributed by atoms with Crippen LogP contribution in [0.1, 0.15) is 60.9 Å². The Bertz CT molecular complexity index is 739. The van der Waals surface area contributed by atoms with Gasteiger partial charge in [-0.1, -0.05) is 44.0 Å². The smallest absolute Gasteiger partial charge is 0.119 e. The minimum absolute atomic E-state index is 0.358. The zero-order chi connectivity index (χ0) is 19.3. The number of aryl methyl sites for hydroxylation is 2. The van der Waals surface area contributed by atoms with Crippen LogP contribution >= 0.6 is 23.2 Å². The minimum atomic E-state index is 0.358. The molecule has 0 aromatic heterocycles. The molecule has 2 aromatic carbocycles. The lowest BCUT2D eigenvalue weighted by Gasteiger charge is -2.12. The molecule has 0 amide bonds. The fourth-order valence-corrected chi connectivity index (χ4v) is 3.06. The van der Waals surface area contributed by atoms with Crippen LogP contribution in [0.4, 0.5) is 0 Å². The summed E-state index contributed by atoms with van der Waals surface area (Å²) in [6.07, 6.45) is 1.82. The van der Waals surface area contributed by atoms with E-state index in [2.05, 4.69) is 13.8 Å². The Labute approximate surface area is 161 Å². The first-order chi connectivity index (χ1) is 11.6. The number of benzene rings is 2. The molecule has 1 unspecified atom stereocenters. The summed E-state index contributed by atoms with van der Waals surface area (Å²) in [4.78, 5) is 0. The Hall–Kier alpha value is -1.38. The topological polar surface area (TPSA) is 40.5 Å². The highest BCUT2D eigenvalue weighted by atomic mass is 35.5. The second-order valence-electron chi connectivity index (χ2n) is 6.45. The summed E-state index contributed by atoms with van der Waals surface area (Å²) in [5.74, 6) is 1.08. The van der Waals surface area contributed by atoms with E-state index in [1.54, 1.807) is 12.1 Å². The summed E-state index contributed by atoms with van der Waals surface area (Å²) < 4.78 is 0. The molecular weight excluding hydrogens is 355 g/mol. The van der Waals surface area contributed by atoms with Crippen LogP contribution in [-0.2, 0) is 6.42 Å². The Morgan fingerprint density at radius 1 is 0.920 bits per heavy atom. The number of hydrogen-bond acceptors (Lipinski definition) is 2. The van der Waals surface area contributed by atoms with E-state index in [9.17, 15) is 10.2 Å². The normalized spacial score (nSPS) is 11.7. The summed E-state index contributed by atoms with van der Waals surface area (Å²) in [6, 6.07) is 5.30. The fourth-order valence-electron chi connectivity index (χ4n) is 2.72. The van der Waals surface area contributed by atoms with Gasteiger partial charge < -0.3 is 10.2 Å². The molecule has 0 heterocycles. The molecule has 4 heteroatoms. The summed E-state index contributed by atoms with van der Waals surface area (Å²) in [7, 11) is 0. The molecule has 0 aliphatic rings. The van der Waals surface area contributed by atoms with Gasteiger partial charge in [0.1, 0.15) is 11.5 Å². The Kier molecular flexibility index (Phi) is 8.11. The minimum Gasteiger partial charge on any atom is -0.508 e. The molecule has 2 rings (SSSR count). The number of halogens is 2. The number of aromatic hydroxyl groups is 2. The zero-order valence-electron chi connectivity index (χ0n) is 15.9. The highest BCUT2D eigenvalue weighted by Gasteiger charge is 2.10. The van der Waals surface area contributed by atoms with Crippen LogP contribution in [0.5, 0.6) is 11.5 Å². The SMILES string of the molecule is CCC(C)c1cc(Cl)c(C)cc1O.CCc1c(O)cc(C)c(Cl)c1C. The average Bonchev–Trinajstić information content (AvgIpc) is 2.56. The van der Waals surface area contributed by atoms with Crippen molar-refractivity contribution < 1.29 is 10.2 Å². The predicted molar refractivity (Wildman–Crippen MR) is 109 cm³/mol. The number of hydrogen-bond donors (Lipinski definition) is 2. The first-order valence-corrected chi connectivity index (χ1v) is 9.36. The molecule has 0 saturated carbocycles. The van der Waals surface area contributed by atoms with Gasteiger partial charge in [0.05, 0.1) is 0 Å². The van der Waals surface area contributed by atoms with Gasteiger partial charge in [-0.15, -0.1) is 0 Å². The van der Waals surface area contributed by atoms with Gasteiger partial charge in [-0.05, 0) is 85.5 Å². The molecule has 0 aliphatic carbocycles. The maximum absolute atomic E-state index is 9.66. The predicted octanol–water partition coefficient (Wildman–Crippen LogP) is 7.09. The van der Waals surface area contributed by atoms with E-state index < -0.39 is 0 Å². The lowest BCUT2D eigenvalue weighted by molar-refractivity contribution is 0.461. The van der Waals surface area contributed by atoms with Gasteiger partial charge >= 0.3 is 0 Å². The van der Waals surface area contributed by atoms with Gasteiger partial charge in [0.25, 0.3) is 0 Å². The van der Waals surface area contributed by atoms with Crippen molar-refractivity contribution in [3.8, 4) is 11.5 Å². The summed E-state index contributed by atoms with van der Waals surface area (Å²) >= 11 is 12.0. The van der Waals surface area contributed by atoms with Crippen molar-refractivity contribution in [3.63, 3.8) is 0 Å². The molecule has 0 bridgehead atoms. The van der Waals surface area contributed by atoms with Crippen LogP contribution in [0.15, 0.2) is 18.2 Å². The largest absolute Gasteiger partial charge is 0.508 e. The molecule has 0 spiro atoms. The first-order valence-electron chi connectivity index (χ1n) is 8.60. The molecule has 0 aliphatic heterocycles. The van der Waals surface area contributed by atoms with Gasteiger partial charge in [-0.25, -0.2) is 0 Å². The van der Waals surface area contributed by atoms with E-state index in [1.165, 1.54) is 0 Å². The molecule has 2 N–H and O–H groups in total. The maximum Gasteiger partial charge on any atom is 0.119 e. The average molecular weight is 383 g/mol. The quantitative estimate of drug-likeness (QED) is 0.594. The third-order valence-electron chi connectivity index (χ3n) is 4.60. The number of rotatable bonds is 3. The van der Waals surface area contributed by atoms with Gasteiger partial charge in [0.2, 0.25) is 0 Å². The third-order valence-corrected chi connectivity index (χ3v) is 5.58. The van der Waals surface area contributed by atoms with E-state index in [4.69, 9.17) is 23.2 Å². The van der Waals surface area contributed by atoms with Crippen molar-refractivity contribution in [1.29, 1.82) is 0 Å².